The summed E-state index contributed by atoms with van der Waals surface area (Å²) < 4.78 is 0. The lowest BCUT2D eigenvalue weighted by Crippen LogP contribution is -1.96. The summed E-state index contributed by atoms with van der Waals surface area (Å²) in [6.45, 7) is -0.239. The Bertz CT molecular complexity index is 1250. The second-order valence-electron chi connectivity index (χ2n) is 6.06. The minimum atomic E-state index is -0.941. The zero-order chi connectivity index (χ0) is 17.9. The third-order valence-corrected chi connectivity index (χ3v) is 4.49. The SMILES string of the molecule is OCC#CC#CC(O)c1cccc2ccc3cc4ccccc4cc3c12. The van der Waals surface area contributed by atoms with E-state index in [1.165, 1.54) is 5.39 Å². The first-order valence-corrected chi connectivity index (χ1v) is 8.39. The largest absolute Gasteiger partial charge is 0.384 e. The zero-order valence-corrected chi connectivity index (χ0v) is 14.0. The first kappa shape index (κ1) is 16.2. The predicted molar refractivity (Wildman–Crippen MR) is 107 cm³/mol. The van der Waals surface area contributed by atoms with Crippen molar-refractivity contribution in [2.24, 2.45) is 0 Å². The molecule has 2 nitrogen and oxygen atoms in total. The molecule has 26 heavy (non-hydrogen) atoms. The number of hydrogen-bond acceptors (Lipinski definition) is 2. The van der Waals surface area contributed by atoms with E-state index in [0.717, 1.165) is 32.5 Å². The van der Waals surface area contributed by atoms with Crippen LogP contribution in [0.1, 0.15) is 11.7 Å². The highest BCUT2D eigenvalue weighted by Crippen LogP contribution is 2.33. The Hall–Kier alpha value is -3.30. The van der Waals surface area contributed by atoms with E-state index in [0.29, 0.717) is 0 Å². The monoisotopic (exact) mass is 336 g/mol. The van der Waals surface area contributed by atoms with Crippen molar-refractivity contribution in [1.82, 2.24) is 0 Å². The van der Waals surface area contributed by atoms with Crippen LogP contribution in [0.5, 0.6) is 0 Å². The molecule has 124 valence electrons. The van der Waals surface area contributed by atoms with Gasteiger partial charge in [0.15, 0.2) is 0 Å². The molecule has 0 radical (unpaired) electrons. The van der Waals surface area contributed by atoms with Crippen LogP contribution in [0.2, 0.25) is 0 Å². The van der Waals surface area contributed by atoms with Gasteiger partial charge in [-0.1, -0.05) is 66.4 Å². The second-order valence-corrected chi connectivity index (χ2v) is 6.06. The molecule has 1 unspecified atom stereocenters. The standard InChI is InChI=1S/C24H16O2/c25-14-5-1-2-11-23(26)21-10-6-9-17-12-13-20-15-18-7-3-4-8-19(18)16-22(20)24(17)21/h3-4,6-10,12-13,15-16,23,25-26H,14H2. The van der Waals surface area contributed by atoms with Crippen molar-refractivity contribution in [1.29, 1.82) is 0 Å². The molecule has 2 N–H and O–H groups in total. The maximum Gasteiger partial charge on any atom is 0.141 e. The molecule has 4 aromatic rings. The van der Waals surface area contributed by atoms with Crippen LogP contribution in [0.4, 0.5) is 0 Å². The number of rotatable bonds is 1. The number of benzene rings is 4. The molecule has 4 aromatic carbocycles. The lowest BCUT2D eigenvalue weighted by molar-refractivity contribution is 0.240. The van der Waals surface area contributed by atoms with Crippen molar-refractivity contribution in [2.75, 3.05) is 6.61 Å². The molecular formula is C24H16O2. The highest BCUT2D eigenvalue weighted by Gasteiger charge is 2.12. The van der Waals surface area contributed by atoms with Crippen molar-refractivity contribution < 1.29 is 10.2 Å². The van der Waals surface area contributed by atoms with Gasteiger partial charge in [-0.15, -0.1) is 0 Å². The average Bonchev–Trinajstić information content (AvgIpc) is 2.69. The van der Waals surface area contributed by atoms with E-state index in [1.54, 1.807) is 0 Å². The van der Waals surface area contributed by atoms with Gasteiger partial charge in [-0.25, -0.2) is 0 Å². The average molecular weight is 336 g/mol. The number of fused-ring (bicyclic) bond motifs is 4. The van der Waals surface area contributed by atoms with Crippen molar-refractivity contribution in [3.8, 4) is 23.7 Å². The fraction of sp³-hybridized carbons (Fsp3) is 0.0833. The molecule has 0 aliphatic rings. The lowest BCUT2D eigenvalue weighted by atomic mass is 9.93. The predicted octanol–water partition coefficient (Wildman–Crippen LogP) is 4.18. The van der Waals surface area contributed by atoms with E-state index >= 15 is 0 Å². The van der Waals surface area contributed by atoms with Gasteiger partial charge in [0.2, 0.25) is 0 Å². The minimum absolute atomic E-state index is 0.239. The Morgan fingerprint density at radius 3 is 2.31 bits per heavy atom. The summed E-state index contributed by atoms with van der Waals surface area (Å²) in [4.78, 5) is 0. The van der Waals surface area contributed by atoms with Crippen LogP contribution in [0, 0.1) is 23.7 Å². The topological polar surface area (TPSA) is 40.5 Å². The third kappa shape index (κ3) is 2.89. The Kier molecular flexibility index (Phi) is 4.30. The van der Waals surface area contributed by atoms with Gasteiger partial charge < -0.3 is 10.2 Å². The van der Waals surface area contributed by atoms with Gasteiger partial charge in [0.1, 0.15) is 12.7 Å². The van der Waals surface area contributed by atoms with Crippen molar-refractivity contribution in [3.05, 3.63) is 72.3 Å². The Balaban J connectivity index is 1.99. The quantitative estimate of drug-likeness (QED) is 0.311. The molecule has 0 aliphatic carbocycles. The van der Waals surface area contributed by atoms with E-state index < -0.39 is 6.10 Å². The van der Waals surface area contributed by atoms with Gasteiger partial charge >= 0.3 is 0 Å². The molecule has 1 atom stereocenters. The van der Waals surface area contributed by atoms with Crippen molar-refractivity contribution in [2.45, 2.75) is 6.10 Å². The van der Waals surface area contributed by atoms with Gasteiger partial charge in [-0.2, -0.15) is 0 Å². The minimum Gasteiger partial charge on any atom is -0.384 e. The van der Waals surface area contributed by atoms with E-state index in [-0.39, 0.29) is 6.61 Å². The van der Waals surface area contributed by atoms with Crippen LogP contribution in [-0.2, 0) is 0 Å². The maximum absolute atomic E-state index is 10.6. The van der Waals surface area contributed by atoms with Crippen LogP contribution in [0.25, 0.3) is 32.3 Å². The van der Waals surface area contributed by atoms with Gasteiger partial charge in [-0.3, -0.25) is 0 Å². The molecule has 4 rings (SSSR count). The highest BCUT2D eigenvalue weighted by atomic mass is 16.3. The summed E-state index contributed by atoms with van der Waals surface area (Å²) >= 11 is 0. The van der Waals surface area contributed by atoms with Crippen LogP contribution < -0.4 is 0 Å². The first-order chi connectivity index (χ1) is 12.8. The summed E-state index contributed by atoms with van der Waals surface area (Å²) in [6.07, 6.45) is -0.941. The second kappa shape index (κ2) is 6.90. The van der Waals surface area contributed by atoms with E-state index in [4.69, 9.17) is 5.11 Å². The smallest absolute Gasteiger partial charge is 0.141 e. The summed E-state index contributed by atoms with van der Waals surface area (Å²) in [5, 5.41) is 25.9. The van der Waals surface area contributed by atoms with Crippen LogP contribution in [0.15, 0.2) is 66.7 Å². The normalized spacial score (nSPS) is 11.6. The van der Waals surface area contributed by atoms with E-state index in [1.807, 2.05) is 30.3 Å². The van der Waals surface area contributed by atoms with Crippen molar-refractivity contribution in [3.63, 3.8) is 0 Å². The molecule has 0 bridgehead atoms. The van der Waals surface area contributed by atoms with Gasteiger partial charge in [0, 0.05) is 5.56 Å². The Morgan fingerprint density at radius 2 is 1.50 bits per heavy atom. The van der Waals surface area contributed by atoms with Crippen LogP contribution >= 0.6 is 0 Å². The van der Waals surface area contributed by atoms with Crippen molar-refractivity contribution >= 4 is 32.3 Å². The van der Waals surface area contributed by atoms with Crippen LogP contribution in [0.3, 0.4) is 0 Å². The number of aliphatic hydroxyl groups is 2. The third-order valence-electron chi connectivity index (χ3n) is 4.49. The Morgan fingerprint density at radius 1 is 0.769 bits per heavy atom. The van der Waals surface area contributed by atoms with Gasteiger partial charge in [-0.05, 0) is 56.3 Å². The van der Waals surface area contributed by atoms with Gasteiger partial charge in [0.25, 0.3) is 0 Å². The summed E-state index contributed by atoms with van der Waals surface area (Å²) in [5.74, 6) is 10.3. The fourth-order valence-corrected chi connectivity index (χ4v) is 3.32. The Labute approximate surface area is 151 Å². The maximum atomic E-state index is 10.6. The summed E-state index contributed by atoms with van der Waals surface area (Å²) in [7, 11) is 0. The summed E-state index contributed by atoms with van der Waals surface area (Å²) in [5.41, 5.74) is 0.765. The summed E-state index contributed by atoms with van der Waals surface area (Å²) in [6, 6.07) is 22.6. The molecule has 0 heterocycles. The fourth-order valence-electron chi connectivity index (χ4n) is 3.32. The van der Waals surface area contributed by atoms with E-state index in [2.05, 4.69) is 60.1 Å². The molecule has 0 amide bonds. The molecule has 2 heteroatoms. The van der Waals surface area contributed by atoms with E-state index in [9.17, 15) is 5.11 Å². The molecule has 0 aromatic heterocycles. The molecule has 0 aliphatic heterocycles. The van der Waals surface area contributed by atoms with Gasteiger partial charge in [0.05, 0.1) is 0 Å². The molecule has 0 fully saturated rings. The molecule has 0 saturated carbocycles. The lowest BCUT2D eigenvalue weighted by Gasteiger charge is -2.12. The molecule has 0 spiro atoms. The zero-order valence-electron chi connectivity index (χ0n) is 14.0. The molecule has 0 saturated heterocycles. The highest BCUT2D eigenvalue weighted by molar-refractivity contribution is 6.13. The van der Waals surface area contributed by atoms with Crippen LogP contribution in [-0.4, -0.2) is 16.8 Å². The number of hydrogen-bond donors (Lipinski definition) is 2. The number of aliphatic hydroxyl groups excluding tert-OH is 2. The first-order valence-electron chi connectivity index (χ1n) is 8.39. The molecular weight excluding hydrogens is 320 g/mol.